The number of nitrogens with one attached hydrogen (secondary N) is 2. The molecule has 0 radical (unpaired) electrons. The summed E-state index contributed by atoms with van der Waals surface area (Å²) in [5, 5.41) is 6.14. The van der Waals surface area contributed by atoms with Gasteiger partial charge in [0.2, 0.25) is 5.91 Å². The molecule has 0 aliphatic heterocycles. The molecule has 0 spiro atoms. The Kier molecular flexibility index (Phi) is 11.6. The molecule has 0 aromatic rings. The fourth-order valence-electron chi connectivity index (χ4n) is 3.29. The molecule has 0 saturated heterocycles. The number of likely N-dealkylation sites (N-methyl/N-ethyl adjacent to an activating group) is 1. The van der Waals surface area contributed by atoms with E-state index in [1.165, 1.54) is 11.9 Å². The monoisotopic (exact) mass is 507 g/mol. The van der Waals surface area contributed by atoms with Gasteiger partial charge in [-0.1, -0.05) is 12.8 Å². The normalized spacial score (nSPS) is 16.8. The predicted molar refractivity (Wildman–Crippen MR) is 113 cm³/mol. The van der Waals surface area contributed by atoms with Gasteiger partial charge >= 0.3 is 6.18 Å². The van der Waals surface area contributed by atoms with Crippen LogP contribution < -0.4 is 10.6 Å². The third-order valence-corrected chi connectivity index (χ3v) is 4.54. The van der Waals surface area contributed by atoms with E-state index in [9.17, 15) is 18.0 Å². The summed E-state index contributed by atoms with van der Waals surface area (Å²) < 4.78 is 37.1. The molecule has 0 atom stereocenters. The highest BCUT2D eigenvalue weighted by atomic mass is 127. The Labute approximate surface area is 177 Å². The second-order valence-electron chi connectivity index (χ2n) is 7.16. The Morgan fingerprint density at radius 3 is 2.22 bits per heavy atom. The average molecular weight is 507 g/mol. The maximum Gasteiger partial charge on any atom is 0.401 e. The highest BCUT2D eigenvalue weighted by Crippen LogP contribution is 2.39. The molecular formula is C17H33F3IN5O. The van der Waals surface area contributed by atoms with Gasteiger partial charge in [0.25, 0.3) is 0 Å². The van der Waals surface area contributed by atoms with Gasteiger partial charge in [-0.05, 0) is 26.8 Å². The molecule has 1 fully saturated rings. The molecule has 10 heteroatoms. The van der Waals surface area contributed by atoms with E-state index in [4.69, 9.17) is 0 Å². The summed E-state index contributed by atoms with van der Waals surface area (Å²) in [5.41, 5.74) is -0.459. The van der Waals surface area contributed by atoms with Crippen LogP contribution in [0.1, 0.15) is 32.6 Å². The molecule has 1 aliphatic carbocycles. The number of guanidine groups is 1. The van der Waals surface area contributed by atoms with Gasteiger partial charge in [0.15, 0.2) is 5.96 Å². The molecule has 6 nitrogen and oxygen atoms in total. The molecule has 0 unspecified atom stereocenters. The summed E-state index contributed by atoms with van der Waals surface area (Å²) in [4.78, 5) is 20.0. The largest absolute Gasteiger partial charge is 0.401 e. The Bertz CT molecular complexity index is 480. The topological polar surface area (TPSA) is 60.0 Å². The van der Waals surface area contributed by atoms with Crippen LogP contribution in [0.4, 0.5) is 13.2 Å². The lowest BCUT2D eigenvalue weighted by molar-refractivity contribution is -0.142. The van der Waals surface area contributed by atoms with Crippen molar-refractivity contribution in [2.45, 2.75) is 38.8 Å². The Morgan fingerprint density at radius 2 is 1.74 bits per heavy atom. The number of carbonyl (C=O) groups excluding carboxylic acids is 1. The van der Waals surface area contributed by atoms with Crippen LogP contribution in [0.2, 0.25) is 0 Å². The number of hydrogen-bond acceptors (Lipinski definition) is 3. The van der Waals surface area contributed by atoms with Gasteiger partial charge in [0.05, 0.1) is 18.5 Å². The van der Waals surface area contributed by atoms with Crippen LogP contribution in [-0.2, 0) is 4.79 Å². The molecule has 0 aromatic carbocycles. The van der Waals surface area contributed by atoms with E-state index in [2.05, 4.69) is 15.6 Å². The highest BCUT2D eigenvalue weighted by molar-refractivity contribution is 14.0. The molecule has 0 aromatic heterocycles. The first-order valence-electron chi connectivity index (χ1n) is 9.09. The van der Waals surface area contributed by atoms with Crippen LogP contribution in [0.3, 0.4) is 0 Å². The second kappa shape index (κ2) is 11.9. The molecule has 2 N–H and O–H groups in total. The van der Waals surface area contributed by atoms with Gasteiger partial charge in [0.1, 0.15) is 0 Å². The lowest BCUT2D eigenvalue weighted by Gasteiger charge is -2.29. The minimum atomic E-state index is -4.20. The third-order valence-electron chi connectivity index (χ3n) is 4.54. The van der Waals surface area contributed by atoms with E-state index in [1.807, 2.05) is 6.92 Å². The first-order chi connectivity index (χ1) is 12.1. The third kappa shape index (κ3) is 9.31. The van der Waals surface area contributed by atoms with Crippen molar-refractivity contribution < 1.29 is 18.0 Å². The van der Waals surface area contributed by atoms with Crippen LogP contribution in [-0.4, -0.2) is 81.7 Å². The van der Waals surface area contributed by atoms with Crippen molar-refractivity contribution in [3.8, 4) is 0 Å². The molecule has 1 rings (SSSR count). The Morgan fingerprint density at radius 1 is 1.15 bits per heavy atom. The summed E-state index contributed by atoms with van der Waals surface area (Å²) in [5.74, 6) is 0.630. The van der Waals surface area contributed by atoms with E-state index in [-0.39, 0.29) is 36.4 Å². The van der Waals surface area contributed by atoms with Gasteiger partial charge in [-0.2, -0.15) is 13.2 Å². The molecular weight excluding hydrogens is 474 g/mol. The maximum absolute atomic E-state index is 12.6. The van der Waals surface area contributed by atoms with Gasteiger partial charge in [0, 0.05) is 33.7 Å². The lowest BCUT2D eigenvalue weighted by atomic mass is 9.85. The van der Waals surface area contributed by atoms with E-state index in [0.717, 1.165) is 25.7 Å². The van der Waals surface area contributed by atoms with Gasteiger partial charge < -0.3 is 15.5 Å². The summed E-state index contributed by atoms with van der Waals surface area (Å²) in [7, 11) is 4.95. The zero-order chi connectivity index (χ0) is 19.8. The molecule has 0 heterocycles. The van der Waals surface area contributed by atoms with E-state index in [1.54, 1.807) is 19.0 Å². The van der Waals surface area contributed by atoms with E-state index in [0.29, 0.717) is 25.6 Å². The van der Waals surface area contributed by atoms with Crippen LogP contribution in [0.15, 0.2) is 4.99 Å². The van der Waals surface area contributed by atoms with Crippen LogP contribution in [0.5, 0.6) is 0 Å². The van der Waals surface area contributed by atoms with Gasteiger partial charge in [-0.15, -0.1) is 24.0 Å². The van der Waals surface area contributed by atoms with E-state index >= 15 is 0 Å². The fourth-order valence-corrected chi connectivity index (χ4v) is 3.29. The summed E-state index contributed by atoms with van der Waals surface area (Å²) >= 11 is 0. The number of halogens is 4. The van der Waals surface area contributed by atoms with Crippen LogP contribution >= 0.6 is 24.0 Å². The molecule has 0 bridgehead atoms. The van der Waals surface area contributed by atoms with Crippen molar-refractivity contribution in [3.05, 3.63) is 0 Å². The number of carbonyl (C=O) groups is 1. The number of nitrogens with zero attached hydrogens (tertiary/aromatic N) is 3. The number of hydrogen-bond donors (Lipinski definition) is 2. The fraction of sp³-hybridized carbons (Fsp3) is 0.882. The minimum absolute atomic E-state index is 0. The van der Waals surface area contributed by atoms with Crippen molar-refractivity contribution in [2.24, 2.45) is 10.4 Å². The number of alkyl halides is 3. The van der Waals surface area contributed by atoms with Crippen LogP contribution in [0, 0.1) is 5.41 Å². The summed E-state index contributed by atoms with van der Waals surface area (Å²) in [6.45, 7) is 2.58. The molecule has 1 saturated carbocycles. The summed E-state index contributed by atoms with van der Waals surface area (Å²) in [6, 6.07) is 0. The molecule has 1 amide bonds. The quantitative estimate of drug-likeness (QED) is 0.301. The van der Waals surface area contributed by atoms with Crippen molar-refractivity contribution in [2.75, 3.05) is 53.9 Å². The second-order valence-corrected chi connectivity index (χ2v) is 7.16. The average Bonchev–Trinajstić information content (AvgIpc) is 3.00. The number of amides is 1. The zero-order valence-electron chi connectivity index (χ0n) is 16.7. The highest BCUT2D eigenvalue weighted by Gasteiger charge is 2.42. The first-order valence-corrected chi connectivity index (χ1v) is 9.09. The van der Waals surface area contributed by atoms with Crippen LogP contribution in [0.25, 0.3) is 0 Å². The minimum Gasteiger partial charge on any atom is -0.357 e. The summed E-state index contributed by atoms with van der Waals surface area (Å²) in [6.07, 6.45) is -0.528. The smallest absolute Gasteiger partial charge is 0.357 e. The molecule has 160 valence electrons. The SMILES string of the molecule is CCNC(=NCC1(C(=O)N(C)C)CCCC1)NCCN(C)CC(F)(F)F.I. The molecule has 1 aliphatic rings. The number of aliphatic imine (C=N–C) groups is 1. The van der Waals surface area contributed by atoms with Crippen molar-refractivity contribution in [1.29, 1.82) is 0 Å². The van der Waals surface area contributed by atoms with Gasteiger partial charge in [-0.3, -0.25) is 14.7 Å². The molecule has 27 heavy (non-hydrogen) atoms. The van der Waals surface area contributed by atoms with Crippen molar-refractivity contribution in [1.82, 2.24) is 20.4 Å². The Balaban J connectivity index is 0.00000676. The standard InChI is InChI=1S/C17H32F3N5O.HI/c1-5-21-15(22-10-11-25(4)13-17(18,19)20)23-12-16(8-6-7-9-16)14(26)24(2)3;/h5-13H2,1-4H3,(H2,21,22,23);1H. The maximum atomic E-state index is 12.6. The van der Waals surface area contributed by atoms with Crippen molar-refractivity contribution in [3.63, 3.8) is 0 Å². The van der Waals surface area contributed by atoms with Gasteiger partial charge in [-0.25, -0.2) is 0 Å². The zero-order valence-corrected chi connectivity index (χ0v) is 19.0. The van der Waals surface area contributed by atoms with Crippen molar-refractivity contribution >= 4 is 35.8 Å². The van der Waals surface area contributed by atoms with E-state index < -0.39 is 18.1 Å². The predicted octanol–water partition coefficient (Wildman–Crippen LogP) is 2.30. The first kappa shape index (κ1) is 26.2. The Hall–Kier alpha value is -0.780. The lowest BCUT2D eigenvalue weighted by Crippen LogP contribution is -2.44. The number of rotatable bonds is 8.